The van der Waals surface area contributed by atoms with Gasteiger partial charge in [-0.2, -0.15) is 0 Å². The van der Waals surface area contributed by atoms with Gasteiger partial charge in [0, 0.05) is 20.0 Å². The second-order valence-electron chi connectivity index (χ2n) is 5.65. The number of halogens is 2. The number of aliphatic imine (C=N–C) groups is 1. The summed E-state index contributed by atoms with van der Waals surface area (Å²) in [5.74, 6) is 0.877. The molecule has 1 atom stereocenters. The van der Waals surface area contributed by atoms with Crippen molar-refractivity contribution in [1.29, 1.82) is 0 Å². The summed E-state index contributed by atoms with van der Waals surface area (Å²) in [4.78, 5) is 15.2. The molecule has 0 aliphatic heterocycles. The molecule has 0 heterocycles. The highest BCUT2D eigenvalue weighted by molar-refractivity contribution is 14.0. The lowest BCUT2D eigenvalue weighted by atomic mass is 10.2. The van der Waals surface area contributed by atoms with E-state index in [1.165, 1.54) is 19.2 Å². The van der Waals surface area contributed by atoms with E-state index in [-0.39, 0.29) is 41.9 Å². The first-order valence-corrected chi connectivity index (χ1v) is 8.48. The third-order valence-corrected chi connectivity index (χ3v) is 3.51. The monoisotopic (exact) mass is 481 g/mol. The fourth-order valence-corrected chi connectivity index (χ4v) is 2.13. The molecule has 2 N–H and O–H groups in total. The second-order valence-corrected chi connectivity index (χ2v) is 5.65. The van der Waals surface area contributed by atoms with E-state index in [2.05, 4.69) is 20.4 Å². The Bertz CT molecular complexity index is 541. The van der Waals surface area contributed by atoms with Crippen LogP contribution in [-0.4, -0.2) is 45.3 Å². The van der Waals surface area contributed by atoms with Crippen molar-refractivity contribution >= 4 is 35.9 Å². The smallest absolute Gasteiger partial charge is 0.305 e. The molecule has 8 heteroatoms. The van der Waals surface area contributed by atoms with Gasteiger partial charge in [-0.25, -0.2) is 4.39 Å². The van der Waals surface area contributed by atoms with Crippen LogP contribution in [0.4, 0.5) is 4.39 Å². The number of guanidine groups is 1. The van der Waals surface area contributed by atoms with Crippen LogP contribution in [0.15, 0.2) is 29.3 Å². The SMILES string of the molecule is CN=C(NCCCCCC(=O)OC)NCC(C)Oc1ccc(F)cc1.I. The Kier molecular flexibility index (Phi) is 13.7. The molecule has 0 radical (unpaired) electrons. The minimum Gasteiger partial charge on any atom is -0.489 e. The predicted molar refractivity (Wildman–Crippen MR) is 112 cm³/mol. The maximum Gasteiger partial charge on any atom is 0.305 e. The van der Waals surface area contributed by atoms with Gasteiger partial charge in [0.2, 0.25) is 0 Å². The Hall–Kier alpha value is -1.58. The second kappa shape index (κ2) is 14.6. The zero-order valence-corrected chi connectivity index (χ0v) is 17.9. The van der Waals surface area contributed by atoms with Gasteiger partial charge in [-0.05, 0) is 44.0 Å². The van der Waals surface area contributed by atoms with Crippen LogP contribution < -0.4 is 15.4 Å². The number of esters is 1. The fourth-order valence-electron chi connectivity index (χ4n) is 2.13. The molecule has 1 aromatic rings. The first kappa shape index (κ1) is 24.4. The summed E-state index contributed by atoms with van der Waals surface area (Å²) in [5, 5.41) is 6.40. The molecule has 0 aliphatic rings. The number of hydrogen-bond donors (Lipinski definition) is 2. The molecule has 26 heavy (non-hydrogen) atoms. The van der Waals surface area contributed by atoms with E-state index in [4.69, 9.17) is 4.74 Å². The van der Waals surface area contributed by atoms with E-state index >= 15 is 0 Å². The van der Waals surface area contributed by atoms with Crippen molar-refractivity contribution in [2.75, 3.05) is 27.2 Å². The largest absolute Gasteiger partial charge is 0.489 e. The number of unbranched alkanes of at least 4 members (excludes halogenated alkanes) is 2. The summed E-state index contributed by atoms with van der Waals surface area (Å²) in [6.45, 7) is 3.27. The Morgan fingerprint density at radius 3 is 2.50 bits per heavy atom. The maximum atomic E-state index is 12.9. The minimum atomic E-state index is -0.283. The number of rotatable bonds is 10. The number of nitrogens with one attached hydrogen (secondary N) is 2. The van der Waals surface area contributed by atoms with Gasteiger partial charge in [-0.3, -0.25) is 9.79 Å². The highest BCUT2D eigenvalue weighted by atomic mass is 127. The first-order chi connectivity index (χ1) is 12.0. The third-order valence-electron chi connectivity index (χ3n) is 3.51. The van der Waals surface area contributed by atoms with Crippen molar-refractivity contribution in [1.82, 2.24) is 10.6 Å². The number of hydrogen-bond acceptors (Lipinski definition) is 4. The summed E-state index contributed by atoms with van der Waals surface area (Å²) in [7, 11) is 3.11. The number of carbonyl (C=O) groups excluding carboxylic acids is 1. The Morgan fingerprint density at radius 2 is 1.88 bits per heavy atom. The quantitative estimate of drug-likeness (QED) is 0.177. The lowest BCUT2D eigenvalue weighted by Gasteiger charge is -2.17. The summed E-state index contributed by atoms with van der Waals surface area (Å²) in [6, 6.07) is 5.95. The predicted octanol–water partition coefficient (Wildman–Crippen LogP) is 3.11. The molecule has 0 bridgehead atoms. The molecule has 0 spiro atoms. The van der Waals surface area contributed by atoms with Gasteiger partial charge >= 0.3 is 5.97 Å². The first-order valence-electron chi connectivity index (χ1n) is 8.48. The zero-order valence-electron chi connectivity index (χ0n) is 15.6. The van der Waals surface area contributed by atoms with Gasteiger partial charge in [0.25, 0.3) is 0 Å². The molecular weight excluding hydrogens is 452 g/mol. The molecule has 148 valence electrons. The lowest BCUT2D eigenvalue weighted by Crippen LogP contribution is -2.42. The lowest BCUT2D eigenvalue weighted by molar-refractivity contribution is -0.140. The van der Waals surface area contributed by atoms with Crippen molar-refractivity contribution < 1.29 is 18.7 Å². The highest BCUT2D eigenvalue weighted by Crippen LogP contribution is 2.12. The van der Waals surface area contributed by atoms with Crippen LogP contribution in [0, 0.1) is 5.82 Å². The van der Waals surface area contributed by atoms with Crippen LogP contribution in [-0.2, 0) is 9.53 Å². The summed E-state index contributed by atoms with van der Waals surface area (Å²) in [5.41, 5.74) is 0. The van der Waals surface area contributed by atoms with Crippen molar-refractivity contribution in [2.24, 2.45) is 4.99 Å². The van der Waals surface area contributed by atoms with E-state index in [9.17, 15) is 9.18 Å². The number of benzene rings is 1. The van der Waals surface area contributed by atoms with Crippen molar-refractivity contribution in [2.45, 2.75) is 38.7 Å². The number of methoxy groups -OCH3 is 1. The van der Waals surface area contributed by atoms with E-state index in [0.717, 1.165) is 25.8 Å². The normalized spacial score (nSPS) is 11.9. The van der Waals surface area contributed by atoms with Crippen LogP contribution >= 0.6 is 24.0 Å². The van der Waals surface area contributed by atoms with E-state index < -0.39 is 0 Å². The Labute approximate surface area is 172 Å². The molecule has 0 saturated carbocycles. The average molecular weight is 481 g/mol. The maximum absolute atomic E-state index is 12.9. The Balaban J connectivity index is 0.00000625. The van der Waals surface area contributed by atoms with Crippen LogP contribution in [0.3, 0.4) is 0 Å². The minimum absolute atomic E-state index is 0. The van der Waals surface area contributed by atoms with Crippen LogP contribution in [0.2, 0.25) is 0 Å². The van der Waals surface area contributed by atoms with Crippen LogP contribution in [0.25, 0.3) is 0 Å². The summed E-state index contributed by atoms with van der Waals surface area (Å²) < 4.78 is 23.2. The van der Waals surface area contributed by atoms with E-state index in [1.807, 2.05) is 6.92 Å². The van der Waals surface area contributed by atoms with Crippen LogP contribution in [0.1, 0.15) is 32.6 Å². The number of nitrogens with zero attached hydrogens (tertiary/aromatic N) is 1. The Morgan fingerprint density at radius 1 is 1.19 bits per heavy atom. The van der Waals surface area contributed by atoms with Crippen LogP contribution in [0.5, 0.6) is 5.75 Å². The number of ether oxygens (including phenoxy) is 2. The van der Waals surface area contributed by atoms with Gasteiger partial charge in [0.15, 0.2) is 5.96 Å². The van der Waals surface area contributed by atoms with Gasteiger partial charge in [-0.15, -0.1) is 24.0 Å². The average Bonchev–Trinajstić information content (AvgIpc) is 2.62. The van der Waals surface area contributed by atoms with Crippen molar-refractivity contribution in [3.05, 3.63) is 30.1 Å². The standard InChI is InChI=1S/C18H28FN3O3.HI/c1-14(25-16-10-8-15(19)9-11-16)13-22-18(20-2)21-12-6-4-5-7-17(23)24-3;/h8-11,14H,4-7,12-13H2,1-3H3,(H2,20,21,22);1H. The molecule has 0 aromatic heterocycles. The molecule has 1 aromatic carbocycles. The summed E-state index contributed by atoms with van der Waals surface area (Å²) in [6.07, 6.45) is 3.08. The van der Waals surface area contributed by atoms with Gasteiger partial charge in [0.05, 0.1) is 13.7 Å². The van der Waals surface area contributed by atoms with E-state index in [1.54, 1.807) is 19.2 Å². The van der Waals surface area contributed by atoms with E-state index in [0.29, 0.717) is 24.7 Å². The zero-order chi connectivity index (χ0) is 18.5. The van der Waals surface area contributed by atoms with Crippen molar-refractivity contribution in [3.8, 4) is 5.75 Å². The van der Waals surface area contributed by atoms with Crippen molar-refractivity contribution in [3.63, 3.8) is 0 Å². The summed E-state index contributed by atoms with van der Waals surface area (Å²) >= 11 is 0. The molecule has 0 aliphatic carbocycles. The molecule has 1 rings (SSSR count). The highest BCUT2D eigenvalue weighted by Gasteiger charge is 2.06. The van der Waals surface area contributed by atoms with Gasteiger partial charge < -0.3 is 20.1 Å². The third kappa shape index (κ3) is 11.1. The fraction of sp³-hybridized carbons (Fsp3) is 0.556. The molecule has 6 nitrogen and oxygen atoms in total. The van der Waals surface area contributed by atoms with Gasteiger partial charge in [0.1, 0.15) is 17.7 Å². The number of carbonyl (C=O) groups is 1. The van der Waals surface area contributed by atoms with Gasteiger partial charge in [-0.1, -0.05) is 6.42 Å². The molecule has 0 saturated heterocycles. The molecule has 0 amide bonds. The molecule has 0 fully saturated rings. The topological polar surface area (TPSA) is 72.0 Å². The molecule has 1 unspecified atom stereocenters. The molecular formula is C18H29FIN3O3.